The minimum absolute atomic E-state index is 0.290. The molecule has 120 valence electrons. The molecule has 2 aromatic carbocycles. The molecule has 1 heterocycles. The largest absolute Gasteiger partial charge is 0.465 e. The van der Waals surface area contributed by atoms with Crippen molar-refractivity contribution in [3.63, 3.8) is 0 Å². The summed E-state index contributed by atoms with van der Waals surface area (Å²) < 4.78 is 6.35. The summed E-state index contributed by atoms with van der Waals surface area (Å²) in [5, 5.41) is 2.79. The van der Waals surface area contributed by atoms with Crippen LogP contribution in [-0.4, -0.2) is 28.5 Å². The Balaban J connectivity index is 1.79. The van der Waals surface area contributed by atoms with Gasteiger partial charge in [0.25, 0.3) is 5.91 Å². The van der Waals surface area contributed by atoms with Crippen LogP contribution in [0, 0.1) is 0 Å². The van der Waals surface area contributed by atoms with Crippen molar-refractivity contribution < 1.29 is 14.3 Å². The molecule has 1 aromatic heterocycles. The fourth-order valence-corrected chi connectivity index (χ4v) is 2.26. The van der Waals surface area contributed by atoms with E-state index in [9.17, 15) is 9.59 Å². The Bertz CT molecular complexity index is 855. The van der Waals surface area contributed by atoms with E-state index >= 15 is 0 Å². The van der Waals surface area contributed by atoms with Crippen LogP contribution in [0.5, 0.6) is 0 Å². The molecule has 0 aliphatic rings. The highest BCUT2D eigenvalue weighted by molar-refractivity contribution is 6.03. The van der Waals surface area contributed by atoms with E-state index in [1.54, 1.807) is 35.2 Å². The van der Waals surface area contributed by atoms with Gasteiger partial charge in [0, 0.05) is 11.4 Å². The second-order valence-electron chi connectivity index (χ2n) is 5.01. The fraction of sp³-hybridized carbons (Fsp3) is 0.0556. The summed E-state index contributed by atoms with van der Waals surface area (Å²) >= 11 is 0. The zero-order chi connectivity index (χ0) is 16.9. The van der Waals surface area contributed by atoms with E-state index in [2.05, 4.69) is 15.0 Å². The van der Waals surface area contributed by atoms with Gasteiger partial charge in [0.2, 0.25) is 0 Å². The van der Waals surface area contributed by atoms with Gasteiger partial charge in [0.1, 0.15) is 5.69 Å². The van der Waals surface area contributed by atoms with E-state index in [0.29, 0.717) is 16.9 Å². The molecule has 0 spiro atoms. The topological polar surface area (TPSA) is 73.2 Å². The molecule has 6 heteroatoms. The highest BCUT2D eigenvalue weighted by atomic mass is 16.5. The van der Waals surface area contributed by atoms with E-state index in [1.807, 2.05) is 30.3 Å². The van der Waals surface area contributed by atoms with Gasteiger partial charge in [-0.05, 0) is 36.4 Å². The highest BCUT2D eigenvalue weighted by Gasteiger charge is 2.13. The van der Waals surface area contributed by atoms with Crippen LogP contribution >= 0.6 is 0 Å². The molecule has 0 saturated heterocycles. The maximum absolute atomic E-state index is 12.5. The van der Waals surface area contributed by atoms with Gasteiger partial charge >= 0.3 is 5.97 Å². The van der Waals surface area contributed by atoms with Crippen molar-refractivity contribution in [1.29, 1.82) is 0 Å². The first-order chi connectivity index (χ1) is 11.7. The number of imidazole rings is 1. The summed E-state index contributed by atoms with van der Waals surface area (Å²) in [5.74, 6) is -0.711. The molecule has 6 nitrogen and oxygen atoms in total. The lowest BCUT2D eigenvalue weighted by molar-refractivity contribution is 0.0600. The first-order valence-corrected chi connectivity index (χ1v) is 7.26. The van der Waals surface area contributed by atoms with Gasteiger partial charge < -0.3 is 10.1 Å². The quantitative estimate of drug-likeness (QED) is 0.750. The first kappa shape index (κ1) is 15.5. The molecule has 0 bridgehead atoms. The number of benzene rings is 2. The molecular formula is C18H15N3O3. The van der Waals surface area contributed by atoms with Crippen molar-refractivity contribution >= 4 is 17.6 Å². The fourth-order valence-electron chi connectivity index (χ4n) is 2.26. The van der Waals surface area contributed by atoms with Gasteiger partial charge in [-0.1, -0.05) is 18.2 Å². The molecule has 1 amide bonds. The number of anilines is 1. The van der Waals surface area contributed by atoms with E-state index in [1.165, 1.54) is 13.3 Å². The second kappa shape index (κ2) is 6.78. The number of nitrogens with zero attached hydrogens (tertiary/aromatic N) is 2. The Morgan fingerprint density at radius 2 is 1.75 bits per heavy atom. The minimum atomic E-state index is -0.421. The van der Waals surface area contributed by atoms with Crippen molar-refractivity contribution in [3.8, 4) is 5.69 Å². The van der Waals surface area contributed by atoms with Crippen LogP contribution < -0.4 is 5.32 Å². The lowest BCUT2D eigenvalue weighted by Crippen LogP contribution is -2.16. The number of aromatic nitrogens is 2. The predicted octanol–water partition coefficient (Wildman–Crippen LogP) is 2.91. The standard InChI is InChI=1S/C18H15N3O3/c1-24-18(23)13-7-9-14(10-8-13)20-17(22)16-11-19-12-21(16)15-5-3-2-4-6-15/h2-12H,1H3,(H,20,22). The van der Waals surface area contributed by atoms with E-state index < -0.39 is 5.97 Å². The number of ether oxygens (including phenoxy) is 1. The lowest BCUT2D eigenvalue weighted by atomic mass is 10.2. The SMILES string of the molecule is COC(=O)c1ccc(NC(=O)c2cncn2-c2ccccc2)cc1. The number of amides is 1. The van der Waals surface area contributed by atoms with E-state index in [4.69, 9.17) is 0 Å². The maximum atomic E-state index is 12.5. The van der Waals surface area contributed by atoms with Gasteiger partial charge in [-0.15, -0.1) is 0 Å². The number of hydrogen-bond acceptors (Lipinski definition) is 4. The Morgan fingerprint density at radius 1 is 1.04 bits per heavy atom. The third-order valence-corrected chi connectivity index (χ3v) is 3.47. The average Bonchev–Trinajstić information content (AvgIpc) is 3.12. The molecule has 0 aliphatic heterocycles. The summed E-state index contributed by atoms with van der Waals surface area (Å²) in [4.78, 5) is 27.9. The molecule has 1 N–H and O–H groups in total. The minimum Gasteiger partial charge on any atom is -0.465 e. The summed E-state index contributed by atoms with van der Waals surface area (Å²) in [6.07, 6.45) is 3.09. The van der Waals surface area contributed by atoms with Crippen molar-refractivity contribution in [2.24, 2.45) is 0 Å². The summed E-state index contributed by atoms with van der Waals surface area (Å²) in [6, 6.07) is 16.0. The zero-order valence-corrected chi connectivity index (χ0v) is 13.0. The molecule has 3 aromatic rings. The smallest absolute Gasteiger partial charge is 0.337 e. The molecule has 0 aliphatic carbocycles. The van der Waals surface area contributed by atoms with Crippen LogP contribution in [0.15, 0.2) is 67.1 Å². The summed E-state index contributed by atoms with van der Waals surface area (Å²) in [5.41, 5.74) is 2.26. The van der Waals surface area contributed by atoms with E-state index in [-0.39, 0.29) is 5.91 Å². The molecule has 0 radical (unpaired) electrons. The zero-order valence-electron chi connectivity index (χ0n) is 13.0. The number of rotatable bonds is 4. The Hall–Kier alpha value is -3.41. The van der Waals surface area contributed by atoms with Gasteiger partial charge in [-0.2, -0.15) is 0 Å². The van der Waals surface area contributed by atoms with Crippen molar-refractivity contribution in [3.05, 3.63) is 78.4 Å². The summed E-state index contributed by atoms with van der Waals surface area (Å²) in [6.45, 7) is 0. The number of esters is 1. The molecule has 0 atom stereocenters. The number of carbonyl (C=O) groups is 2. The van der Waals surface area contributed by atoms with Crippen LogP contribution in [-0.2, 0) is 4.74 Å². The molecule has 0 fully saturated rings. The summed E-state index contributed by atoms with van der Waals surface area (Å²) in [7, 11) is 1.32. The van der Waals surface area contributed by atoms with Gasteiger partial charge in [-0.3, -0.25) is 9.36 Å². The predicted molar refractivity (Wildman–Crippen MR) is 89.3 cm³/mol. The number of carbonyl (C=O) groups excluding carboxylic acids is 2. The molecule has 0 saturated carbocycles. The molecule has 24 heavy (non-hydrogen) atoms. The highest BCUT2D eigenvalue weighted by Crippen LogP contribution is 2.15. The van der Waals surface area contributed by atoms with Crippen molar-refractivity contribution in [2.45, 2.75) is 0 Å². The lowest BCUT2D eigenvalue weighted by Gasteiger charge is -2.09. The van der Waals surface area contributed by atoms with Gasteiger partial charge in [0.15, 0.2) is 0 Å². The second-order valence-corrected chi connectivity index (χ2v) is 5.01. The van der Waals surface area contributed by atoms with Crippen LogP contribution in [0.2, 0.25) is 0 Å². The Kier molecular flexibility index (Phi) is 4.38. The normalized spacial score (nSPS) is 10.2. The number of methoxy groups -OCH3 is 1. The molecular weight excluding hydrogens is 306 g/mol. The van der Waals surface area contributed by atoms with Crippen molar-refractivity contribution in [1.82, 2.24) is 9.55 Å². The van der Waals surface area contributed by atoms with Crippen LogP contribution in [0.4, 0.5) is 5.69 Å². The van der Waals surface area contributed by atoms with Gasteiger partial charge in [0.05, 0.1) is 25.2 Å². The number of para-hydroxylation sites is 1. The van der Waals surface area contributed by atoms with Crippen LogP contribution in [0.1, 0.15) is 20.8 Å². The Morgan fingerprint density at radius 3 is 2.42 bits per heavy atom. The van der Waals surface area contributed by atoms with E-state index in [0.717, 1.165) is 5.69 Å². The average molecular weight is 321 g/mol. The monoisotopic (exact) mass is 321 g/mol. The van der Waals surface area contributed by atoms with Crippen molar-refractivity contribution in [2.75, 3.05) is 12.4 Å². The number of nitrogens with one attached hydrogen (secondary N) is 1. The first-order valence-electron chi connectivity index (χ1n) is 7.26. The maximum Gasteiger partial charge on any atom is 0.337 e. The van der Waals surface area contributed by atoms with Crippen LogP contribution in [0.3, 0.4) is 0 Å². The number of hydrogen-bond donors (Lipinski definition) is 1. The third kappa shape index (κ3) is 3.17. The van der Waals surface area contributed by atoms with Crippen LogP contribution in [0.25, 0.3) is 5.69 Å². The molecule has 3 rings (SSSR count). The van der Waals surface area contributed by atoms with Gasteiger partial charge in [-0.25, -0.2) is 9.78 Å². The molecule has 0 unspecified atom stereocenters. The third-order valence-electron chi connectivity index (χ3n) is 3.47. The Labute approximate surface area is 138 Å².